The number of aromatic nitrogens is 2. The molecule has 0 aliphatic heterocycles. The molecule has 1 aromatic heterocycles. The Hall–Kier alpha value is -0.740. The van der Waals surface area contributed by atoms with Crippen LogP contribution >= 0.6 is 11.7 Å². The van der Waals surface area contributed by atoms with Crippen molar-refractivity contribution >= 4 is 11.7 Å². The quantitative estimate of drug-likeness (QED) is 0.757. The van der Waals surface area contributed by atoms with Gasteiger partial charge in [0, 0.05) is 6.42 Å². The Morgan fingerprint density at radius 1 is 1.64 bits per heavy atom. The minimum atomic E-state index is -0.264. The van der Waals surface area contributed by atoms with Gasteiger partial charge in [0.15, 0.2) is 0 Å². The van der Waals surface area contributed by atoms with Gasteiger partial charge in [-0.25, -0.2) is 0 Å². The lowest BCUT2D eigenvalue weighted by atomic mass is 9.87. The normalized spacial score (nSPS) is 27.4. The van der Waals surface area contributed by atoms with Crippen molar-refractivity contribution in [2.45, 2.75) is 32.3 Å². The number of hydrogen-bond acceptors (Lipinski definition) is 4. The lowest BCUT2D eigenvalue weighted by Gasteiger charge is -2.22. The lowest BCUT2D eigenvalue weighted by Crippen LogP contribution is -2.16. The molecule has 0 radical (unpaired) electrons. The zero-order valence-electron chi connectivity index (χ0n) is 8.18. The third kappa shape index (κ3) is 2.39. The molecule has 1 aromatic rings. The van der Waals surface area contributed by atoms with E-state index < -0.39 is 0 Å². The monoisotopic (exact) mass is 210 g/mol. The van der Waals surface area contributed by atoms with Crippen molar-refractivity contribution < 1.29 is 5.11 Å². The first-order chi connectivity index (χ1) is 6.74. The summed E-state index contributed by atoms with van der Waals surface area (Å²) in [5, 5.41) is 9.57. The molecule has 0 bridgehead atoms. The predicted octanol–water partition coefficient (Wildman–Crippen LogP) is 1.80. The fraction of sp³-hybridized carbons (Fsp3) is 0.600. The summed E-state index contributed by atoms with van der Waals surface area (Å²) >= 11 is 1.24. The second kappa shape index (κ2) is 4.19. The van der Waals surface area contributed by atoms with Crippen molar-refractivity contribution in [1.82, 2.24) is 8.75 Å². The van der Waals surface area contributed by atoms with Gasteiger partial charge >= 0.3 is 0 Å². The van der Waals surface area contributed by atoms with Crippen molar-refractivity contribution in [2.75, 3.05) is 0 Å². The smallest absolute Gasteiger partial charge is 0.0783 e. The van der Waals surface area contributed by atoms with Crippen LogP contribution in [0.1, 0.15) is 25.5 Å². The van der Waals surface area contributed by atoms with E-state index in [1.807, 2.05) is 6.08 Å². The largest absolute Gasteiger partial charge is 0.389 e. The van der Waals surface area contributed by atoms with E-state index in [0.29, 0.717) is 5.92 Å². The molecular formula is C10H14N2OS. The second-order valence-electron chi connectivity index (χ2n) is 4.01. The van der Waals surface area contributed by atoms with Crippen LogP contribution < -0.4 is 0 Å². The average Bonchev–Trinajstić information content (AvgIpc) is 2.54. The summed E-state index contributed by atoms with van der Waals surface area (Å²) in [6.45, 7) is 2.18. The van der Waals surface area contributed by atoms with Crippen molar-refractivity contribution in [2.24, 2.45) is 5.92 Å². The molecule has 0 saturated heterocycles. The standard InChI is InChI=1S/C10H14N2OS/c1-7-2-8(5-10(13)3-7)4-9-6-11-14-12-9/h5-7,10,13H,2-4H2,1H3. The summed E-state index contributed by atoms with van der Waals surface area (Å²) in [7, 11) is 0. The molecule has 1 aliphatic rings. The first-order valence-corrected chi connectivity index (χ1v) is 5.61. The molecule has 4 heteroatoms. The molecule has 76 valence electrons. The molecule has 1 N–H and O–H groups in total. The summed E-state index contributed by atoms with van der Waals surface area (Å²) in [6.07, 6.45) is 6.32. The van der Waals surface area contributed by atoms with Gasteiger partial charge in [0.25, 0.3) is 0 Å². The molecule has 0 saturated carbocycles. The molecule has 1 aliphatic carbocycles. The molecule has 14 heavy (non-hydrogen) atoms. The van der Waals surface area contributed by atoms with Crippen LogP contribution in [0.2, 0.25) is 0 Å². The average molecular weight is 210 g/mol. The van der Waals surface area contributed by atoms with Gasteiger partial charge in [0.1, 0.15) is 0 Å². The molecule has 2 atom stereocenters. The van der Waals surface area contributed by atoms with Crippen molar-refractivity contribution in [1.29, 1.82) is 0 Å². The van der Waals surface area contributed by atoms with E-state index in [1.54, 1.807) is 6.20 Å². The van der Waals surface area contributed by atoms with Crippen molar-refractivity contribution in [3.63, 3.8) is 0 Å². The Morgan fingerprint density at radius 2 is 2.50 bits per heavy atom. The lowest BCUT2D eigenvalue weighted by molar-refractivity contribution is 0.180. The maximum atomic E-state index is 9.57. The van der Waals surface area contributed by atoms with Crippen LogP contribution in [-0.2, 0) is 6.42 Å². The van der Waals surface area contributed by atoms with E-state index in [9.17, 15) is 5.11 Å². The SMILES string of the molecule is CC1CC(Cc2cnsn2)=CC(O)C1. The van der Waals surface area contributed by atoms with Gasteiger partial charge in [-0.3, -0.25) is 0 Å². The van der Waals surface area contributed by atoms with Gasteiger partial charge in [-0.1, -0.05) is 18.6 Å². The summed E-state index contributed by atoms with van der Waals surface area (Å²) in [4.78, 5) is 0. The first-order valence-electron chi connectivity index (χ1n) is 4.88. The fourth-order valence-corrected chi connectivity index (χ4v) is 2.41. The summed E-state index contributed by atoms with van der Waals surface area (Å²) in [5.41, 5.74) is 2.31. The maximum absolute atomic E-state index is 9.57. The van der Waals surface area contributed by atoms with E-state index in [4.69, 9.17) is 0 Å². The fourth-order valence-electron chi connectivity index (χ4n) is 1.98. The number of hydrogen-bond donors (Lipinski definition) is 1. The number of rotatable bonds is 2. The van der Waals surface area contributed by atoms with Crippen LogP contribution in [0.15, 0.2) is 17.8 Å². The van der Waals surface area contributed by atoms with Crippen LogP contribution in [0.3, 0.4) is 0 Å². The van der Waals surface area contributed by atoms with Crippen LogP contribution in [0.25, 0.3) is 0 Å². The highest BCUT2D eigenvalue weighted by Crippen LogP contribution is 2.25. The highest BCUT2D eigenvalue weighted by molar-refractivity contribution is 6.99. The van der Waals surface area contributed by atoms with Gasteiger partial charge in [-0.15, -0.1) is 0 Å². The zero-order chi connectivity index (χ0) is 9.97. The molecular weight excluding hydrogens is 196 g/mol. The van der Waals surface area contributed by atoms with Gasteiger partial charge < -0.3 is 5.11 Å². The number of nitrogens with zero attached hydrogens (tertiary/aromatic N) is 2. The molecule has 0 fully saturated rings. The minimum Gasteiger partial charge on any atom is -0.389 e. The topological polar surface area (TPSA) is 46.0 Å². The molecule has 2 rings (SSSR count). The number of allylic oxidation sites excluding steroid dienone is 1. The van der Waals surface area contributed by atoms with E-state index in [2.05, 4.69) is 15.7 Å². The Balaban J connectivity index is 2.04. The van der Waals surface area contributed by atoms with E-state index in [-0.39, 0.29) is 6.10 Å². The minimum absolute atomic E-state index is 0.264. The summed E-state index contributed by atoms with van der Waals surface area (Å²) < 4.78 is 8.14. The van der Waals surface area contributed by atoms with Crippen molar-refractivity contribution in [3.05, 3.63) is 23.5 Å². The first kappa shape index (κ1) is 9.80. The third-order valence-corrected chi connectivity index (χ3v) is 3.01. The Bertz CT molecular complexity index is 321. The highest BCUT2D eigenvalue weighted by Gasteiger charge is 2.17. The Kier molecular flexibility index (Phi) is 2.93. The van der Waals surface area contributed by atoms with Gasteiger partial charge in [-0.05, 0) is 18.8 Å². The highest BCUT2D eigenvalue weighted by atomic mass is 32.1. The van der Waals surface area contributed by atoms with Crippen molar-refractivity contribution in [3.8, 4) is 0 Å². The van der Waals surface area contributed by atoms with Crippen LogP contribution in [-0.4, -0.2) is 20.0 Å². The Labute approximate surface area is 87.8 Å². The predicted molar refractivity (Wildman–Crippen MR) is 56.1 cm³/mol. The summed E-state index contributed by atoms with van der Waals surface area (Å²) in [6, 6.07) is 0. The zero-order valence-corrected chi connectivity index (χ0v) is 9.00. The Morgan fingerprint density at radius 3 is 3.14 bits per heavy atom. The van der Waals surface area contributed by atoms with Gasteiger partial charge in [0.2, 0.25) is 0 Å². The van der Waals surface area contributed by atoms with Crippen LogP contribution in [0.4, 0.5) is 0 Å². The molecule has 0 aromatic carbocycles. The summed E-state index contributed by atoms with van der Waals surface area (Å²) in [5.74, 6) is 0.580. The van der Waals surface area contributed by atoms with Gasteiger partial charge in [-0.2, -0.15) is 8.75 Å². The number of aliphatic hydroxyl groups is 1. The second-order valence-corrected chi connectivity index (χ2v) is 4.57. The van der Waals surface area contributed by atoms with Crippen LogP contribution in [0.5, 0.6) is 0 Å². The van der Waals surface area contributed by atoms with Crippen LogP contribution in [0, 0.1) is 5.92 Å². The molecule has 2 unspecified atom stereocenters. The van der Waals surface area contributed by atoms with E-state index >= 15 is 0 Å². The molecule has 0 amide bonds. The van der Waals surface area contributed by atoms with E-state index in [0.717, 1.165) is 25.0 Å². The third-order valence-electron chi connectivity index (χ3n) is 2.50. The molecule has 1 heterocycles. The van der Waals surface area contributed by atoms with Gasteiger partial charge in [0.05, 0.1) is 29.7 Å². The maximum Gasteiger partial charge on any atom is 0.0783 e. The number of aliphatic hydroxyl groups excluding tert-OH is 1. The molecule has 0 spiro atoms. The van der Waals surface area contributed by atoms with E-state index in [1.165, 1.54) is 17.3 Å². The molecule has 3 nitrogen and oxygen atoms in total.